The predicted molar refractivity (Wildman–Crippen MR) is 125 cm³/mol. The van der Waals surface area contributed by atoms with Gasteiger partial charge in [-0.15, -0.1) is 0 Å². The summed E-state index contributed by atoms with van der Waals surface area (Å²) in [4.78, 5) is 30.6. The van der Waals surface area contributed by atoms with Crippen molar-refractivity contribution in [1.82, 2.24) is 9.80 Å². The van der Waals surface area contributed by atoms with Crippen LogP contribution in [0.25, 0.3) is 0 Å². The Morgan fingerprint density at radius 2 is 1.86 bits per heavy atom. The first-order chi connectivity index (χ1) is 17.3. The van der Waals surface area contributed by atoms with Crippen LogP contribution in [0.5, 0.6) is 11.5 Å². The minimum absolute atomic E-state index is 0.0157. The van der Waals surface area contributed by atoms with Crippen LogP contribution in [0.2, 0.25) is 0 Å². The zero-order chi connectivity index (χ0) is 24.6. The highest BCUT2D eigenvalue weighted by molar-refractivity contribution is 6.21. The largest absolute Gasteiger partial charge is 0.504 e. The number of phenols is 1. The van der Waals surface area contributed by atoms with E-state index >= 15 is 0 Å². The van der Waals surface area contributed by atoms with E-state index in [9.17, 15) is 24.2 Å². The summed E-state index contributed by atoms with van der Waals surface area (Å²) in [5, 5.41) is 23.4. The van der Waals surface area contributed by atoms with E-state index in [1.807, 2.05) is 6.07 Å². The number of amides is 2. The first-order valence-corrected chi connectivity index (χ1v) is 13.0. The molecule has 1 saturated heterocycles. The molecular weight excluding hydrogens is 463 g/mol. The fourth-order valence-corrected chi connectivity index (χ4v) is 8.25. The van der Waals surface area contributed by atoms with Crippen molar-refractivity contribution in [3.63, 3.8) is 0 Å². The van der Waals surface area contributed by atoms with E-state index in [2.05, 4.69) is 4.90 Å². The summed E-state index contributed by atoms with van der Waals surface area (Å²) >= 11 is 0. The van der Waals surface area contributed by atoms with Crippen molar-refractivity contribution in [2.75, 3.05) is 13.1 Å². The lowest BCUT2D eigenvalue weighted by atomic mass is 9.48. The van der Waals surface area contributed by atoms with Crippen LogP contribution in [0.3, 0.4) is 0 Å². The Hall–Kier alpha value is -2.97. The number of piperidine rings is 1. The molecule has 8 heteroatoms. The number of carbonyl (C=O) groups excluding carboxylic acids is 2. The lowest BCUT2D eigenvalue weighted by molar-refractivity contribution is -0.196. The number of aromatic hydroxyl groups is 1. The highest BCUT2D eigenvalue weighted by Gasteiger charge is 2.74. The Bertz CT molecular complexity index is 1370. The number of rotatable bonds is 3. The highest BCUT2D eigenvalue weighted by atomic mass is 19.1. The van der Waals surface area contributed by atoms with E-state index < -0.39 is 40.8 Å². The third-order valence-corrected chi connectivity index (χ3v) is 9.94. The van der Waals surface area contributed by atoms with E-state index in [1.165, 1.54) is 29.9 Å². The minimum atomic E-state index is -1.10. The van der Waals surface area contributed by atoms with E-state index in [1.54, 1.807) is 6.07 Å². The molecule has 6 aliphatic rings. The third-order valence-electron chi connectivity index (χ3n) is 9.94. The monoisotopic (exact) mass is 490 g/mol. The van der Waals surface area contributed by atoms with Crippen molar-refractivity contribution in [3.05, 3.63) is 58.4 Å². The van der Waals surface area contributed by atoms with E-state index in [0.717, 1.165) is 30.3 Å². The number of ether oxygens (including phenoxy) is 1. The molecule has 2 aromatic rings. The van der Waals surface area contributed by atoms with Gasteiger partial charge >= 0.3 is 0 Å². The van der Waals surface area contributed by atoms with Crippen LogP contribution in [-0.4, -0.2) is 68.7 Å². The first-order valence-electron chi connectivity index (χ1n) is 13.0. The second-order valence-corrected chi connectivity index (χ2v) is 11.6. The summed E-state index contributed by atoms with van der Waals surface area (Å²) < 4.78 is 20.4. The molecule has 2 N–H and O–H groups in total. The van der Waals surface area contributed by atoms with E-state index in [0.29, 0.717) is 37.4 Å². The van der Waals surface area contributed by atoms with Gasteiger partial charge in [-0.05, 0) is 80.8 Å². The molecule has 5 atom stereocenters. The molecular formula is C28H27FN2O5. The van der Waals surface area contributed by atoms with Crippen LogP contribution in [0, 0.1) is 11.7 Å². The van der Waals surface area contributed by atoms with Gasteiger partial charge in [-0.2, -0.15) is 0 Å². The Labute approximate surface area is 207 Å². The molecule has 36 heavy (non-hydrogen) atoms. The maximum Gasteiger partial charge on any atom is 0.262 e. The summed E-state index contributed by atoms with van der Waals surface area (Å²) in [7, 11) is 0. The first kappa shape index (κ1) is 21.1. The number of likely N-dealkylation sites (tertiary alicyclic amines) is 1. The molecule has 2 aromatic carbocycles. The van der Waals surface area contributed by atoms with Crippen LogP contribution >= 0.6 is 0 Å². The Morgan fingerprint density at radius 3 is 2.67 bits per heavy atom. The summed E-state index contributed by atoms with van der Waals surface area (Å²) in [6.07, 6.45) is 3.88. The molecule has 3 heterocycles. The molecule has 8 rings (SSSR count). The van der Waals surface area contributed by atoms with Crippen molar-refractivity contribution >= 4 is 11.8 Å². The summed E-state index contributed by atoms with van der Waals surface area (Å²) in [5.74, 6) is -0.467. The molecule has 1 spiro atoms. The van der Waals surface area contributed by atoms with Gasteiger partial charge in [0.1, 0.15) is 11.9 Å². The molecule has 0 radical (unpaired) electrons. The van der Waals surface area contributed by atoms with Crippen molar-refractivity contribution in [3.8, 4) is 11.5 Å². The molecule has 1 unspecified atom stereocenters. The maximum absolute atomic E-state index is 13.9. The molecule has 7 nitrogen and oxygen atoms in total. The lowest BCUT2D eigenvalue weighted by Crippen LogP contribution is -2.78. The predicted octanol–water partition coefficient (Wildman–Crippen LogP) is 2.76. The molecule has 2 amide bonds. The van der Waals surface area contributed by atoms with Crippen LogP contribution < -0.4 is 4.74 Å². The smallest absolute Gasteiger partial charge is 0.262 e. The summed E-state index contributed by atoms with van der Waals surface area (Å²) in [5.41, 5.74) is 0.244. The molecule has 3 aliphatic carbocycles. The normalized spacial score (nSPS) is 36.1. The van der Waals surface area contributed by atoms with Gasteiger partial charge in [0.15, 0.2) is 11.5 Å². The Kier molecular flexibility index (Phi) is 3.91. The van der Waals surface area contributed by atoms with Gasteiger partial charge in [-0.1, -0.05) is 6.07 Å². The SMILES string of the molecule is O=C1c2ccc(F)cc2C(=O)N1[C@H]1CCC2(O)[C@H]3Cc4ccc(O)c5c4[C@@]2(CCN3CC2CC2)[C@H]1O5. The standard InChI is InChI=1S/C28H27FN2O5/c29-16-4-5-17-18(12-16)26(34)31(25(17)33)19-7-8-28(35)21-11-15-3-6-20(32)23-22(15)27(28,24(19)36-23)9-10-30(21)13-14-1-2-14/h3-6,12,14,19,21,24,32,35H,1-2,7-11,13H2/t19-,21+,24-,27-,28?/m0/s1. The van der Waals surface area contributed by atoms with Crippen LogP contribution in [-0.2, 0) is 11.8 Å². The summed E-state index contributed by atoms with van der Waals surface area (Å²) in [6.45, 7) is 1.76. The maximum atomic E-state index is 13.9. The summed E-state index contributed by atoms with van der Waals surface area (Å²) in [6, 6.07) is 6.54. The number of fused-ring (bicyclic) bond motifs is 1. The van der Waals surface area contributed by atoms with Gasteiger partial charge in [0.2, 0.25) is 0 Å². The number of halogens is 1. The zero-order valence-electron chi connectivity index (χ0n) is 19.7. The molecule has 3 aliphatic heterocycles. The fraction of sp³-hybridized carbons (Fsp3) is 0.500. The quantitative estimate of drug-likeness (QED) is 0.644. The number of hydrogen-bond acceptors (Lipinski definition) is 6. The Balaban J connectivity index is 1.27. The zero-order valence-corrected chi connectivity index (χ0v) is 19.7. The van der Waals surface area contributed by atoms with Crippen molar-refractivity contribution < 1.29 is 28.9 Å². The van der Waals surface area contributed by atoms with Crippen molar-refractivity contribution in [2.24, 2.45) is 5.92 Å². The van der Waals surface area contributed by atoms with Crippen molar-refractivity contribution in [1.29, 1.82) is 0 Å². The molecule has 2 saturated carbocycles. The molecule has 3 fully saturated rings. The Morgan fingerprint density at radius 1 is 1.06 bits per heavy atom. The second-order valence-electron chi connectivity index (χ2n) is 11.6. The molecule has 186 valence electrons. The number of carbonyl (C=O) groups is 2. The lowest BCUT2D eigenvalue weighted by Gasteiger charge is -2.64. The third kappa shape index (κ3) is 2.35. The van der Waals surface area contributed by atoms with E-state index in [-0.39, 0.29) is 22.9 Å². The number of aliphatic hydroxyl groups is 1. The molecule has 2 bridgehead atoms. The van der Waals surface area contributed by atoms with Gasteiger partial charge in [-0.3, -0.25) is 19.4 Å². The number of imide groups is 1. The topological polar surface area (TPSA) is 90.3 Å². The van der Waals surface area contributed by atoms with Crippen molar-refractivity contribution in [2.45, 2.75) is 67.7 Å². The highest BCUT2D eigenvalue weighted by Crippen LogP contribution is 2.66. The number of benzene rings is 2. The number of nitrogens with zero attached hydrogens (tertiary/aromatic N) is 2. The van der Waals surface area contributed by atoms with Crippen LogP contribution in [0.15, 0.2) is 30.3 Å². The van der Waals surface area contributed by atoms with Gasteiger partial charge in [-0.25, -0.2) is 4.39 Å². The second kappa shape index (κ2) is 6.66. The van der Waals surface area contributed by atoms with Crippen LogP contribution in [0.1, 0.15) is 63.9 Å². The van der Waals surface area contributed by atoms with Crippen LogP contribution in [0.4, 0.5) is 4.39 Å². The van der Waals surface area contributed by atoms with Gasteiger partial charge in [0, 0.05) is 18.2 Å². The average Bonchev–Trinajstić information content (AvgIpc) is 3.55. The minimum Gasteiger partial charge on any atom is -0.504 e. The molecule has 0 aromatic heterocycles. The van der Waals surface area contributed by atoms with Gasteiger partial charge < -0.3 is 14.9 Å². The fourth-order valence-electron chi connectivity index (χ4n) is 8.25. The van der Waals surface area contributed by atoms with E-state index in [4.69, 9.17) is 4.74 Å². The number of hydrogen-bond donors (Lipinski definition) is 2. The van der Waals surface area contributed by atoms with Gasteiger partial charge in [0.25, 0.3) is 11.8 Å². The average molecular weight is 491 g/mol. The van der Waals surface area contributed by atoms with Gasteiger partial charge in [0.05, 0.1) is 28.2 Å². The number of phenolic OH excluding ortho intramolecular Hbond substituents is 1.